The van der Waals surface area contributed by atoms with E-state index in [1.165, 1.54) is 0 Å². The van der Waals surface area contributed by atoms with Crippen molar-refractivity contribution in [3.63, 3.8) is 0 Å². The highest BCUT2D eigenvalue weighted by molar-refractivity contribution is 7.99. The van der Waals surface area contributed by atoms with Crippen molar-refractivity contribution in [3.05, 3.63) is 28.9 Å². The van der Waals surface area contributed by atoms with E-state index in [0.717, 1.165) is 10.6 Å². The summed E-state index contributed by atoms with van der Waals surface area (Å²) in [6.45, 7) is 2.07. The Bertz CT molecular complexity index is 588. The molecule has 2 aromatic rings. The van der Waals surface area contributed by atoms with Crippen LogP contribution in [-0.2, 0) is 0 Å². The van der Waals surface area contributed by atoms with Crippen LogP contribution < -0.4 is 5.73 Å². The Labute approximate surface area is 108 Å². The van der Waals surface area contributed by atoms with Gasteiger partial charge in [0.2, 0.25) is 0 Å². The highest BCUT2D eigenvalue weighted by Gasteiger charge is 2.13. The summed E-state index contributed by atoms with van der Waals surface area (Å²) in [5.41, 5.74) is 5.84. The maximum absolute atomic E-state index is 11.1. The van der Waals surface area contributed by atoms with E-state index in [-0.39, 0.29) is 10.7 Å². The fourth-order valence-electron chi connectivity index (χ4n) is 1.47. The molecule has 0 radical (unpaired) electrons. The number of nitrogens with zero attached hydrogens (tertiary/aromatic N) is 2. The summed E-state index contributed by atoms with van der Waals surface area (Å²) in [4.78, 5) is 12.2. The van der Waals surface area contributed by atoms with E-state index >= 15 is 0 Å². The van der Waals surface area contributed by atoms with Crippen molar-refractivity contribution in [1.29, 1.82) is 0 Å². The number of hydrogen-bond acceptors (Lipinski definition) is 4. The fourth-order valence-corrected chi connectivity index (χ4v) is 2.45. The number of amides is 1. The standard InChI is InChI=1S/C11H10ClN3OS/c1-2-17-6-3-4-8-7(5-6)9(12)10(11(13)16)15-14-8/h3-5H,2H2,1H3,(H2,13,16). The summed E-state index contributed by atoms with van der Waals surface area (Å²) in [6, 6.07) is 5.68. The SMILES string of the molecule is CCSc1ccc2nnc(C(N)=O)c(Cl)c2c1. The molecule has 1 heterocycles. The van der Waals surface area contributed by atoms with E-state index in [4.69, 9.17) is 17.3 Å². The summed E-state index contributed by atoms with van der Waals surface area (Å²) in [7, 11) is 0. The molecule has 0 saturated heterocycles. The first-order valence-corrected chi connectivity index (χ1v) is 6.38. The second-order valence-electron chi connectivity index (χ2n) is 3.34. The normalized spacial score (nSPS) is 10.7. The second kappa shape index (κ2) is 4.89. The molecule has 0 spiro atoms. The first-order valence-electron chi connectivity index (χ1n) is 5.02. The van der Waals surface area contributed by atoms with Gasteiger partial charge in [-0.05, 0) is 24.0 Å². The van der Waals surface area contributed by atoms with Gasteiger partial charge >= 0.3 is 0 Å². The molecule has 1 aromatic carbocycles. The van der Waals surface area contributed by atoms with Gasteiger partial charge in [0.15, 0.2) is 5.69 Å². The van der Waals surface area contributed by atoms with Crippen molar-refractivity contribution in [2.75, 3.05) is 5.75 Å². The summed E-state index contributed by atoms with van der Waals surface area (Å²) in [5.74, 6) is 0.294. The Morgan fingerprint density at radius 2 is 2.24 bits per heavy atom. The van der Waals surface area contributed by atoms with Crippen molar-refractivity contribution >= 4 is 40.2 Å². The van der Waals surface area contributed by atoms with Crippen molar-refractivity contribution < 1.29 is 4.79 Å². The molecule has 0 aliphatic carbocycles. The van der Waals surface area contributed by atoms with Crippen LogP contribution >= 0.6 is 23.4 Å². The maximum Gasteiger partial charge on any atom is 0.270 e. The monoisotopic (exact) mass is 267 g/mol. The number of carbonyl (C=O) groups is 1. The molecule has 0 saturated carbocycles. The van der Waals surface area contributed by atoms with Gasteiger partial charge in [-0.15, -0.1) is 22.0 Å². The molecule has 0 bridgehead atoms. The zero-order chi connectivity index (χ0) is 12.4. The largest absolute Gasteiger partial charge is 0.364 e. The average Bonchev–Trinajstić information content (AvgIpc) is 2.30. The van der Waals surface area contributed by atoms with Crippen molar-refractivity contribution in [2.24, 2.45) is 5.73 Å². The third-order valence-corrected chi connectivity index (χ3v) is 3.47. The van der Waals surface area contributed by atoms with Crippen LogP contribution in [0.2, 0.25) is 5.02 Å². The van der Waals surface area contributed by atoms with E-state index in [2.05, 4.69) is 17.1 Å². The van der Waals surface area contributed by atoms with Crippen LogP contribution in [-0.4, -0.2) is 21.9 Å². The molecular weight excluding hydrogens is 258 g/mol. The molecule has 1 aromatic heterocycles. The number of nitrogens with two attached hydrogens (primary N) is 1. The Morgan fingerprint density at radius 3 is 2.88 bits per heavy atom. The lowest BCUT2D eigenvalue weighted by atomic mass is 10.2. The predicted octanol–water partition coefficient (Wildman–Crippen LogP) is 2.49. The van der Waals surface area contributed by atoms with Crippen LogP contribution in [0, 0.1) is 0 Å². The number of carbonyl (C=O) groups excluding carboxylic acids is 1. The zero-order valence-electron chi connectivity index (χ0n) is 9.11. The number of hydrogen-bond donors (Lipinski definition) is 1. The minimum absolute atomic E-state index is 0.0119. The number of primary amides is 1. The molecule has 0 fully saturated rings. The average molecular weight is 268 g/mol. The van der Waals surface area contributed by atoms with Gasteiger partial charge in [-0.2, -0.15) is 0 Å². The van der Waals surface area contributed by atoms with Crippen LogP contribution in [0.25, 0.3) is 10.9 Å². The molecule has 17 heavy (non-hydrogen) atoms. The molecule has 2 rings (SSSR count). The quantitative estimate of drug-likeness (QED) is 0.868. The first-order chi connectivity index (χ1) is 8.13. The molecular formula is C11H10ClN3OS. The molecule has 0 unspecified atom stereocenters. The molecule has 0 aliphatic rings. The molecule has 6 heteroatoms. The number of halogens is 1. The lowest BCUT2D eigenvalue weighted by molar-refractivity contribution is 0.0995. The number of aromatic nitrogens is 2. The van der Waals surface area contributed by atoms with E-state index in [1.807, 2.05) is 18.2 Å². The number of benzene rings is 1. The van der Waals surface area contributed by atoms with Gasteiger partial charge in [-0.25, -0.2) is 0 Å². The Hall–Kier alpha value is -1.33. The molecule has 88 valence electrons. The lowest BCUT2D eigenvalue weighted by Gasteiger charge is -2.04. The summed E-state index contributed by atoms with van der Waals surface area (Å²) >= 11 is 7.79. The Morgan fingerprint density at radius 1 is 1.47 bits per heavy atom. The lowest BCUT2D eigenvalue weighted by Crippen LogP contribution is -2.14. The first kappa shape index (κ1) is 12.1. The van der Waals surface area contributed by atoms with E-state index in [9.17, 15) is 4.79 Å². The van der Waals surface area contributed by atoms with Crippen LogP contribution in [0.15, 0.2) is 23.1 Å². The molecule has 2 N–H and O–H groups in total. The van der Waals surface area contributed by atoms with Crippen LogP contribution in [0.1, 0.15) is 17.4 Å². The van der Waals surface area contributed by atoms with E-state index in [0.29, 0.717) is 10.9 Å². The van der Waals surface area contributed by atoms with Gasteiger partial charge in [-0.1, -0.05) is 18.5 Å². The Kier molecular flexibility index (Phi) is 3.49. The molecule has 0 aliphatic heterocycles. The van der Waals surface area contributed by atoms with E-state index in [1.54, 1.807) is 11.8 Å². The maximum atomic E-state index is 11.1. The highest BCUT2D eigenvalue weighted by atomic mass is 35.5. The van der Waals surface area contributed by atoms with Crippen LogP contribution in [0.4, 0.5) is 0 Å². The van der Waals surface area contributed by atoms with Gasteiger partial charge in [0.25, 0.3) is 5.91 Å². The highest BCUT2D eigenvalue weighted by Crippen LogP contribution is 2.28. The van der Waals surface area contributed by atoms with Crippen molar-refractivity contribution in [3.8, 4) is 0 Å². The van der Waals surface area contributed by atoms with Gasteiger partial charge in [-0.3, -0.25) is 4.79 Å². The smallest absolute Gasteiger partial charge is 0.270 e. The summed E-state index contributed by atoms with van der Waals surface area (Å²) in [5, 5.41) is 8.61. The topological polar surface area (TPSA) is 68.9 Å². The van der Waals surface area contributed by atoms with Gasteiger partial charge in [0.1, 0.15) is 0 Å². The molecule has 0 atom stereocenters. The number of rotatable bonds is 3. The van der Waals surface area contributed by atoms with Crippen molar-refractivity contribution in [2.45, 2.75) is 11.8 Å². The minimum Gasteiger partial charge on any atom is -0.364 e. The number of thioether (sulfide) groups is 1. The van der Waals surface area contributed by atoms with Gasteiger partial charge in [0, 0.05) is 10.3 Å². The fraction of sp³-hybridized carbons (Fsp3) is 0.182. The number of fused-ring (bicyclic) bond motifs is 1. The van der Waals surface area contributed by atoms with E-state index < -0.39 is 5.91 Å². The molecule has 1 amide bonds. The summed E-state index contributed by atoms with van der Waals surface area (Å²) in [6.07, 6.45) is 0. The van der Waals surface area contributed by atoms with Gasteiger partial charge < -0.3 is 5.73 Å². The van der Waals surface area contributed by atoms with Crippen LogP contribution in [0.5, 0.6) is 0 Å². The minimum atomic E-state index is -0.669. The third kappa shape index (κ3) is 2.35. The summed E-state index contributed by atoms with van der Waals surface area (Å²) < 4.78 is 0. The van der Waals surface area contributed by atoms with Gasteiger partial charge in [0.05, 0.1) is 10.5 Å². The predicted molar refractivity (Wildman–Crippen MR) is 69.5 cm³/mol. The van der Waals surface area contributed by atoms with Crippen LogP contribution in [0.3, 0.4) is 0 Å². The molecule has 4 nitrogen and oxygen atoms in total. The Balaban J connectivity index is 2.64. The third-order valence-electron chi connectivity index (χ3n) is 2.21. The zero-order valence-corrected chi connectivity index (χ0v) is 10.7. The second-order valence-corrected chi connectivity index (χ2v) is 5.05. The van der Waals surface area contributed by atoms with Crippen molar-refractivity contribution in [1.82, 2.24) is 10.2 Å².